The van der Waals surface area contributed by atoms with Crippen LogP contribution in [0.5, 0.6) is 5.75 Å². The number of carbonyl (C=O) groups excluding carboxylic acids is 2. The van der Waals surface area contributed by atoms with Crippen molar-refractivity contribution in [3.63, 3.8) is 0 Å². The number of ether oxygens (including phenoxy) is 1. The lowest BCUT2D eigenvalue weighted by molar-refractivity contribution is -0.111. The van der Waals surface area contributed by atoms with Gasteiger partial charge in [-0.15, -0.1) is 0 Å². The third-order valence-corrected chi connectivity index (χ3v) is 7.30. The summed E-state index contributed by atoms with van der Waals surface area (Å²) < 4.78 is 6.12. The normalized spacial score (nSPS) is 12.7. The van der Waals surface area contributed by atoms with Crippen LogP contribution in [0, 0.1) is 5.92 Å². The van der Waals surface area contributed by atoms with Crippen LogP contribution in [-0.4, -0.2) is 17.1 Å². The highest BCUT2D eigenvalue weighted by Gasteiger charge is 2.26. The van der Waals surface area contributed by atoms with E-state index in [1.54, 1.807) is 42.5 Å². The Morgan fingerprint density at radius 3 is 2.29 bits per heavy atom. The first-order valence-corrected chi connectivity index (χ1v) is 13.9. The molecule has 0 aromatic heterocycles. The molecule has 0 spiro atoms. The number of nitrogens with one attached hydrogen (secondary N) is 2. The van der Waals surface area contributed by atoms with Crippen LogP contribution in [0.25, 0.3) is 21.5 Å². The van der Waals surface area contributed by atoms with E-state index in [0.717, 1.165) is 21.7 Å². The molecule has 0 radical (unpaired) electrons. The molecule has 0 saturated heterocycles. The second-order valence-electron chi connectivity index (χ2n) is 10.2. The van der Waals surface area contributed by atoms with E-state index >= 15 is 0 Å². The van der Waals surface area contributed by atoms with E-state index in [0.29, 0.717) is 35.3 Å². The number of phenols is 1. The van der Waals surface area contributed by atoms with Gasteiger partial charge < -0.3 is 20.9 Å². The van der Waals surface area contributed by atoms with Gasteiger partial charge in [0.25, 0.3) is 0 Å². The Balaban J connectivity index is 1.34. The lowest BCUT2D eigenvalue weighted by Gasteiger charge is -2.26. The molecule has 5 aromatic rings. The number of anilines is 3. The van der Waals surface area contributed by atoms with Gasteiger partial charge >= 0.3 is 6.09 Å². The summed E-state index contributed by atoms with van der Waals surface area (Å²) in [6.45, 7) is 2.01. The van der Waals surface area contributed by atoms with Crippen molar-refractivity contribution in [1.82, 2.24) is 0 Å². The highest BCUT2D eigenvalue weighted by Crippen LogP contribution is 2.37. The molecular weight excluding hydrogens is 526 g/mol. The molecule has 42 heavy (non-hydrogen) atoms. The zero-order valence-corrected chi connectivity index (χ0v) is 23.3. The van der Waals surface area contributed by atoms with Gasteiger partial charge in [-0.2, -0.15) is 0 Å². The zero-order valence-electron chi connectivity index (χ0n) is 23.3. The van der Waals surface area contributed by atoms with Crippen LogP contribution < -0.4 is 16.4 Å². The summed E-state index contributed by atoms with van der Waals surface area (Å²) >= 11 is 0. The molecule has 0 aliphatic heterocycles. The van der Waals surface area contributed by atoms with Crippen LogP contribution in [0.1, 0.15) is 31.4 Å². The third kappa shape index (κ3) is 6.53. The molecule has 0 aliphatic rings. The summed E-state index contributed by atoms with van der Waals surface area (Å²) in [5.74, 6) is -0.227. The van der Waals surface area contributed by atoms with Crippen molar-refractivity contribution < 1.29 is 19.4 Å². The van der Waals surface area contributed by atoms with Crippen molar-refractivity contribution in [2.24, 2.45) is 5.92 Å². The Bertz CT molecular complexity index is 1760. The number of allylic oxidation sites excluding steroid dienone is 1. The highest BCUT2D eigenvalue weighted by molar-refractivity contribution is 6.01. The Labute approximate surface area is 244 Å². The number of hydrogen-bond donors (Lipinski definition) is 4. The maximum atomic E-state index is 13.3. The van der Waals surface area contributed by atoms with E-state index in [-0.39, 0.29) is 17.6 Å². The molecule has 0 aliphatic carbocycles. The lowest BCUT2D eigenvalue weighted by Crippen LogP contribution is -2.22. The highest BCUT2D eigenvalue weighted by atomic mass is 16.6. The van der Waals surface area contributed by atoms with Gasteiger partial charge in [0, 0.05) is 16.3 Å². The minimum absolute atomic E-state index is 0.117. The second-order valence-corrected chi connectivity index (χ2v) is 10.2. The predicted octanol–water partition coefficient (Wildman–Crippen LogP) is 8.18. The van der Waals surface area contributed by atoms with Crippen LogP contribution in [0.15, 0.2) is 115 Å². The monoisotopic (exact) mass is 559 g/mol. The smallest absolute Gasteiger partial charge is 0.412 e. The Hall–Kier alpha value is -5.30. The number of nitrogen functional groups attached to an aromatic ring is 1. The molecule has 2 amide bonds. The molecule has 0 heterocycles. The van der Waals surface area contributed by atoms with Gasteiger partial charge in [-0.05, 0) is 59.9 Å². The van der Waals surface area contributed by atoms with Crippen molar-refractivity contribution in [2.45, 2.75) is 25.9 Å². The molecule has 212 valence electrons. The van der Waals surface area contributed by atoms with Gasteiger partial charge in [-0.1, -0.05) is 91.9 Å². The third-order valence-electron chi connectivity index (χ3n) is 7.30. The van der Waals surface area contributed by atoms with Gasteiger partial charge in [-0.25, -0.2) is 4.79 Å². The predicted molar refractivity (Wildman–Crippen MR) is 169 cm³/mol. The quantitative estimate of drug-likeness (QED) is 0.107. The summed E-state index contributed by atoms with van der Waals surface area (Å²) in [5, 5.41) is 19.6. The topological polar surface area (TPSA) is 114 Å². The fourth-order valence-corrected chi connectivity index (χ4v) is 5.12. The van der Waals surface area contributed by atoms with Crippen molar-refractivity contribution in [1.29, 1.82) is 0 Å². The number of nitrogens with two attached hydrogens (primary N) is 1. The molecule has 0 fully saturated rings. The summed E-state index contributed by atoms with van der Waals surface area (Å²) in [7, 11) is 0. The summed E-state index contributed by atoms with van der Waals surface area (Å²) in [4.78, 5) is 25.7. The fraction of sp³-hybridized carbons (Fsp3) is 0.143. The Morgan fingerprint density at radius 2 is 1.48 bits per heavy atom. The Kier molecular flexibility index (Phi) is 8.68. The minimum atomic E-state index is -0.614. The van der Waals surface area contributed by atoms with Crippen LogP contribution >= 0.6 is 0 Å². The summed E-state index contributed by atoms with van der Waals surface area (Å²) in [6, 6.07) is 31.6. The van der Waals surface area contributed by atoms with E-state index in [2.05, 4.69) is 10.6 Å². The zero-order chi connectivity index (χ0) is 29.5. The van der Waals surface area contributed by atoms with Crippen LogP contribution in [0.4, 0.5) is 21.9 Å². The number of hydrogen-bond acceptors (Lipinski definition) is 5. The number of aromatic hydroxyl groups is 1. The molecule has 2 atom stereocenters. The molecule has 0 unspecified atom stereocenters. The van der Waals surface area contributed by atoms with Crippen LogP contribution in [0.3, 0.4) is 0 Å². The minimum Gasteiger partial charge on any atom is -0.507 e. The van der Waals surface area contributed by atoms with Gasteiger partial charge in [0.2, 0.25) is 5.91 Å². The first kappa shape index (κ1) is 28.2. The maximum absolute atomic E-state index is 13.3. The van der Waals surface area contributed by atoms with Gasteiger partial charge in [0.05, 0.1) is 17.1 Å². The van der Waals surface area contributed by atoms with Gasteiger partial charge in [0.15, 0.2) is 0 Å². The second kappa shape index (κ2) is 12.9. The summed E-state index contributed by atoms with van der Waals surface area (Å²) in [5.41, 5.74) is 8.43. The fourth-order valence-electron chi connectivity index (χ4n) is 5.12. The SMILES string of the molecule is C[C@@H](CC/C=C/C(=O)Nc1ccccc1N)[C@H](OC(=O)Nc1cccc2ccccc12)c1ccc(O)c2ccccc12. The average molecular weight is 560 g/mol. The van der Waals surface area contributed by atoms with E-state index in [1.807, 2.05) is 73.7 Å². The number of para-hydroxylation sites is 2. The Morgan fingerprint density at radius 1 is 0.810 bits per heavy atom. The van der Waals surface area contributed by atoms with Crippen LogP contribution in [-0.2, 0) is 9.53 Å². The number of fused-ring (bicyclic) bond motifs is 2. The number of phenolic OH excluding ortho intramolecular Hbond substituents is 1. The first-order chi connectivity index (χ1) is 20.4. The van der Waals surface area contributed by atoms with Crippen LogP contribution in [0.2, 0.25) is 0 Å². The van der Waals surface area contributed by atoms with Gasteiger partial charge in [-0.3, -0.25) is 10.1 Å². The molecule has 0 bridgehead atoms. The molecular formula is C35H33N3O4. The first-order valence-electron chi connectivity index (χ1n) is 13.9. The molecule has 0 saturated carbocycles. The number of amides is 2. The van der Waals surface area contributed by atoms with Crippen molar-refractivity contribution >= 4 is 50.6 Å². The number of benzene rings is 5. The molecule has 5 aromatic carbocycles. The largest absolute Gasteiger partial charge is 0.507 e. The van der Waals surface area contributed by atoms with Crippen molar-refractivity contribution in [2.75, 3.05) is 16.4 Å². The van der Waals surface area contributed by atoms with Crippen molar-refractivity contribution in [3.8, 4) is 5.75 Å². The van der Waals surface area contributed by atoms with E-state index in [9.17, 15) is 14.7 Å². The molecule has 5 N–H and O–H groups in total. The average Bonchev–Trinajstić information content (AvgIpc) is 3.00. The molecule has 7 nitrogen and oxygen atoms in total. The van der Waals surface area contributed by atoms with E-state index < -0.39 is 12.2 Å². The van der Waals surface area contributed by atoms with E-state index in [1.165, 1.54) is 6.08 Å². The standard InChI is InChI=1S/C35H33N3O4/c1-23(11-2-9-20-33(40)37-31-18-8-7-17-29(31)36)34(28-21-22-32(39)27-16-6-5-15-26(27)28)42-35(41)38-30-19-10-13-24-12-3-4-14-25(24)30/h3-10,12-23,34,39H,2,11,36H2,1H3,(H,37,40)(H,38,41)/b20-9+/t23-,34-/m0/s1. The molecule has 5 rings (SSSR count). The number of rotatable bonds is 9. The summed E-state index contributed by atoms with van der Waals surface area (Å²) in [6.07, 6.45) is 3.32. The molecule has 7 heteroatoms. The number of carbonyl (C=O) groups is 2. The van der Waals surface area contributed by atoms with Crippen molar-refractivity contribution in [3.05, 3.63) is 121 Å². The maximum Gasteiger partial charge on any atom is 0.412 e. The van der Waals surface area contributed by atoms with E-state index in [4.69, 9.17) is 10.5 Å². The lowest BCUT2D eigenvalue weighted by atomic mass is 9.89. The van der Waals surface area contributed by atoms with Gasteiger partial charge in [0.1, 0.15) is 11.9 Å².